The van der Waals surface area contributed by atoms with Gasteiger partial charge in [0.15, 0.2) is 35.1 Å². The van der Waals surface area contributed by atoms with E-state index in [1.165, 1.54) is 42.0 Å². The first-order chi connectivity index (χ1) is 13.6. The second kappa shape index (κ2) is 8.03. The van der Waals surface area contributed by atoms with Crippen LogP contribution in [-0.4, -0.2) is 64.7 Å². The van der Waals surface area contributed by atoms with Crippen molar-refractivity contribution in [2.75, 3.05) is 23.1 Å². The number of aromatic nitrogens is 2. The minimum Gasteiger partial charge on any atom is -0.456 e. The van der Waals surface area contributed by atoms with Gasteiger partial charge in [0.25, 0.3) is 5.56 Å². The number of ether oxygens (including phenoxy) is 3. The summed E-state index contributed by atoms with van der Waals surface area (Å²) in [5, 5.41) is 3.47. The van der Waals surface area contributed by atoms with E-state index in [1.807, 2.05) is 0 Å². The van der Waals surface area contributed by atoms with Gasteiger partial charge in [-0.25, -0.2) is 4.98 Å². The molecule has 0 saturated carbocycles. The molecule has 2 aliphatic rings. The van der Waals surface area contributed by atoms with Crippen molar-refractivity contribution < 1.29 is 28.6 Å². The van der Waals surface area contributed by atoms with Crippen LogP contribution in [0.15, 0.2) is 9.95 Å². The van der Waals surface area contributed by atoms with Gasteiger partial charge in [0, 0.05) is 27.8 Å². The lowest BCUT2D eigenvalue weighted by Gasteiger charge is -2.48. The fraction of sp³-hybridized carbons (Fsp3) is 0.588. The maximum absolute atomic E-state index is 13.0. The molecule has 3 rings (SSSR count). The molecule has 0 aromatic carbocycles. The van der Waals surface area contributed by atoms with Crippen LogP contribution < -0.4 is 15.8 Å². The third-order valence-electron chi connectivity index (χ3n) is 4.64. The summed E-state index contributed by atoms with van der Waals surface area (Å²) in [6.07, 6.45) is -1.02. The largest absolute Gasteiger partial charge is 0.456 e. The van der Waals surface area contributed by atoms with Crippen molar-refractivity contribution in [3.8, 4) is 0 Å². The summed E-state index contributed by atoms with van der Waals surface area (Å²) in [7, 11) is 1.55. The Morgan fingerprint density at radius 3 is 2.41 bits per heavy atom. The molecule has 29 heavy (non-hydrogen) atoms. The molecule has 1 aromatic rings. The van der Waals surface area contributed by atoms with E-state index in [0.717, 1.165) is 0 Å². The van der Waals surface area contributed by atoms with Crippen LogP contribution in [0.2, 0.25) is 0 Å². The van der Waals surface area contributed by atoms with Gasteiger partial charge >= 0.3 is 11.9 Å². The van der Waals surface area contributed by atoms with E-state index in [2.05, 4.69) is 10.3 Å². The Balaban J connectivity index is 2.15. The van der Waals surface area contributed by atoms with E-state index >= 15 is 0 Å². The highest BCUT2D eigenvalue weighted by Crippen LogP contribution is 2.36. The molecular formula is C17H22N4O7S. The first-order valence-corrected chi connectivity index (χ1v) is 10.1. The Hall–Kier alpha value is -2.60. The molecule has 1 saturated heterocycles. The average molecular weight is 426 g/mol. The number of carbonyl (C=O) groups is 3. The van der Waals surface area contributed by atoms with E-state index in [-0.39, 0.29) is 18.1 Å². The lowest BCUT2D eigenvalue weighted by molar-refractivity contribution is -0.190. The van der Waals surface area contributed by atoms with Gasteiger partial charge in [0.05, 0.1) is 6.61 Å². The molecule has 0 radical (unpaired) electrons. The summed E-state index contributed by atoms with van der Waals surface area (Å²) in [4.78, 5) is 54.5. The number of nitrogens with zero attached hydrogens (tertiary/aromatic N) is 3. The van der Waals surface area contributed by atoms with E-state index in [1.54, 1.807) is 13.3 Å². The van der Waals surface area contributed by atoms with Crippen LogP contribution in [0.5, 0.6) is 0 Å². The lowest BCUT2D eigenvalue weighted by Crippen LogP contribution is -2.68. The molecule has 2 aliphatic heterocycles. The van der Waals surface area contributed by atoms with Crippen molar-refractivity contribution in [2.24, 2.45) is 7.05 Å². The second-order valence-electron chi connectivity index (χ2n) is 6.66. The fourth-order valence-electron chi connectivity index (χ4n) is 3.57. The van der Waals surface area contributed by atoms with Crippen LogP contribution in [-0.2, 0) is 35.6 Å². The number of hydrogen-bond donors (Lipinski definition) is 1. The number of thioether (sulfide) groups is 1. The Bertz CT molecular complexity index is 918. The molecular weight excluding hydrogens is 404 g/mol. The Kier molecular flexibility index (Phi) is 5.85. The van der Waals surface area contributed by atoms with E-state index in [0.29, 0.717) is 5.16 Å². The minimum absolute atomic E-state index is 0.0169. The van der Waals surface area contributed by atoms with Gasteiger partial charge in [-0.2, -0.15) is 0 Å². The normalized spacial score (nSPS) is 25.3. The highest BCUT2D eigenvalue weighted by molar-refractivity contribution is 7.98. The van der Waals surface area contributed by atoms with Crippen molar-refractivity contribution >= 4 is 41.1 Å². The molecule has 12 heteroatoms. The van der Waals surface area contributed by atoms with Gasteiger partial charge in [-0.05, 0) is 6.26 Å². The first-order valence-electron chi connectivity index (χ1n) is 8.83. The summed E-state index contributed by atoms with van der Waals surface area (Å²) < 4.78 is 17.8. The van der Waals surface area contributed by atoms with E-state index in [9.17, 15) is 19.2 Å². The molecule has 11 nitrogen and oxygen atoms in total. The summed E-state index contributed by atoms with van der Waals surface area (Å²) in [5.41, 5.74) is -0.431. The number of nitrogens with one attached hydrogen (secondary N) is 1. The molecule has 1 aromatic heterocycles. The molecule has 3 heterocycles. The number of amides is 1. The van der Waals surface area contributed by atoms with Crippen molar-refractivity contribution in [3.63, 3.8) is 0 Å². The summed E-state index contributed by atoms with van der Waals surface area (Å²) >= 11 is 1.28. The van der Waals surface area contributed by atoms with E-state index < -0.39 is 47.9 Å². The second-order valence-corrected chi connectivity index (χ2v) is 7.43. The topological polar surface area (TPSA) is 129 Å². The number of esters is 2. The van der Waals surface area contributed by atoms with Gasteiger partial charge < -0.3 is 19.5 Å². The monoisotopic (exact) mass is 426 g/mol. The van der Waals surface area contributed by atoms with Crippen LogP contribution in [0.3, 0.4) is 0 Å². The van der Waals surface area contributed by atoms with Crippen molar-refractivity contribution in [1.82, 2.24) is 9.55 Å². The third-order valence-corrected chi connectivity index (χ3v) is 5.37. The lowest BCUT2D eigenvalue weighted by atomic mass is 9.96. The first kappa shape index (κ1) is 21.1. The third kappa shape index (κ3) is 3.81. The number of carbonyl (C=O) groups excluding carboxylic acids is 3. The van der Waals surface area contributed by atoms with Gasteiger partial charge in [0.1, 0.15) is 6.04 Å². The van der Waals surface area contributed by atoms with Gasteiger partial charge in [-0.15, -0.1) is 0 Å². The maximum Gasteiger partial charge on any atom is 0.303 e. The number of hydrogen-bond acceptors (Lipinski definition) is 10. The van der Waals surface area contributed by atoms with Crippen molar-refractivity contribution in [3.05, 3.63) is 10.4 Å². The molecule has 0 bridgehead atoms. The molecule has 0 spiro atoms. The number of fused-ring (bicyclic) bond motifs is 2. The average Bonchev–Trinajstić information content (AvgIpc) is 2.64. The van der Waals surface area contributed by atoms with Crippen LogP contribution in [0, 0.1) is 0 Å². The maximum atomic E-state index is 13.0. The van der Waals surface area contributed by atoms with Crippen molar-refractivity contribution in [1.29, 1.82) is 0 Å². The summed E-state index contributed by atoms with van der Waals surface area (Å²) in [5.74, 6) is -1.48. The van der Waals surface area contributed by atoms with Crippen molar-refractivity contribution in [2.45, 2.75) is 50.4 Å². The zero-order valence-corrected chi connectivity index (χ0v) is 17.4. The molecule has 0 aliphatic carbocycles. The molecule has 1 fully saturated rings. The smallest absolute Gasteiger partial charge is 0.303 e. The molecule has 4 atom stereocenters. The predicted octanol–water partition coefficient (Wildman–Crippen LogP) is -0.131. The molecule has 1 amide bonds. The zero-order chi connectivity index (χ0) is 21.5. The minimum atomic E-state index is -1.04. The number of rotatable bonds is 3. The van der Waals surface area contributed by atoms with Crippen LogP contribution >= 0.6 is 11.8 Å². The zero-order valence-electron chi connectivity index (χ0n) is 16.6. The fourth-order valence-corrected chi connectivity index (χ4v) is 4.11. The Labute approximate surface area is 170 Å². The molecule has 158 valence electrons. The Morgan fingerprint density at radius 1 is 1.21 bits per heavy atom. The van der Waals surface area contributed by atoms with Crippen LogP contribution in [0.1, 0.15) is 20.8 Å². The SMILES string of the molecule is CSc1nc2c(c(=O)n1C)N(C(C)=O)[C@H]1[C@H](OC(C)=O)[C@H](OC(C)=O)CO[C@H]1N2. The molecule has 1 N–H and O–H groups in total. The summed E-state index contributed by atoms with van der Waals surface area (Å²) in [6, 6.07) is -0.934. The number of anilines is 2. The predicted molar refractivity (Wildman–Crippen MR) is 103 cm³/mol. The quantitative estimate of drug-likeness (QED) is 0.396. The summed E-state index contributed by atoms with van der Waals surface area (Å²) in [6.45, 7) is 3.65. The van der Waals surface area contributed by atoms with Gasteiger partial charge in [-0.3, -0.25) is 28.6 Å². The van der Waals surface area contributed by atoms with Gasteiger partial charge in [-0.1, -0.05) is 11.8 Å². The van der Waals surface area contributed by atoms with Gasteiger partial charge in [0.2, 0.25) is 5.91 Å². The highest BCUT2D eigenvalue weighted by Gasteiger charge is 2.52. The van der Waals surface area contributed by atoms with Crippen LogP contribution in [0.4, 0.5) is 11.5 Å². The standard InChI is InChI=1S/C17H22N4O7S/c1-7(22)21-11-13(28-9(3)24)10(27-8(2)23)6-26-15(11)18-14-12(21)16(25)20(4)17(19-14)29-5/h10-11,13,15,18H,6H2,1-5H3/t10-,11+,13-,15-/m1/s1. The Morgan fingerprint density at radius 2 is 1.86 bits per heavy atom. The highest BCUT2D eigenvalue weighted by atomic mass is 32.2. The van der Waals surface area contributed by atoms with E-state index in [4.69, 9.17) is 14.2 Å². The molecule has 0 unspecified atom stereocenters. The van der Waals surface area contributed by atoms with Crippen LogP contribution in [0.25, 0.3) is 0 Å².